The molecule has 0 spiro atoms. The molecule has 1 saturated heterocycles. The van der Waals surface area contributed by atoms with Crippen LogP contribution < -0.4 is 15.6 Å². The summed E-state index contributed by atoms with van der Waals surface area (Å²) in [6.07, 6.45) is 15.1. The molecule has 8 nitrogen and oxygen atoms in total. The zero-order valence-corrected chi connectivity index (χ0v) is 18.7. The van der Waals surface area contributed by atoms with Gasteiger partial charge in [-0.1, -0.05) is 18.6 Å². The van der Waals surface area contributed by atoms with Gasteiger partial charge < -0.3 is 10.1 Å². The standard InChI is InChI=1S/C25H30N6O2/c32-24-22(15-20-7-6-9-26-17-20)18-29-25(30-24)28-10-2-5-14-33-23-16-21(8-11-27-23)19-31-12-3-1-4-13-31/h2,5-9,11,16-18H,1,3-4,10,12-15,19H2,(H2,28,29,30,32)/b5-2-. The van der Waals surface area contributed by atoms with E-state index in [9.17, 15) is 4.79 Å². The van der Waals surface area contributed by atoms with E-state index in [-0.39, 0.29) is 5.56 Å². The molecular formula is C25H30N6O2. The number of anilines is 1. The average Bonchev–Trinajstić information content (AvgIpc) is 2.84. The molecule has 0 amide bonds. The minimum absolute atomic E-state index is 0.154. The van der Waals surface area contributed by atoms with Gasteiger partial charge in [-0.05, 0) is 55.3 Å². The largest absolute Gasteiger partial charge is 0.473 e. The summed E-state index contributed by atoms with van der Waals surface area (Å²) < 4.78 is 5.76. The maximum Gasteiger partial charge on any atom is 0.255 e. The molecule has 0 aromatic carbocycles. The summed E-state index contributed by atoms with van der Waals surface area (Å²) in [5.41, 5.74) is 2.65. The van der Waals surface area contributed by atoms with Gasteiger partial charge in [0.2, 0.25) is 11.8 Å². The summed E-state index contributed by atoms with van der Waals surface area (Å²) in [6, 6.07) is 7.86. The third-order valence-electron chi connectivity index (χ3n) is 5.53. The molecule has 2 N–H and O–H groups in total. The number of ether oxygens (including phenoxy) is 1. The molecule has 33 heavy (non-hydrogen) atoms. The van der Waals surface area contributed by atoms with Crippen LogP contribution in [0.25, 0.3) is 0 Å². The topological polar surface area (TPSA) is 96.0 Å². The Morgan fingerprint density at radius 1 is 1.06 bits per heavy atom. The van der Waals surface area contributed by atoms with E-state index in [1.165, 1.54) is 37.9 Å². The van der Waals surface area contributed by atoms with E-state index in [1.807, 2.05) is 30.4 Å². The number of nitrogens with one attached hydrogen (secondary N) is 2. The van der Waals surface area contributed by atoms with Gasteiger partial charge in [-0.3, -0.25) is 19.7 Å². The summed E-state index contributed by atoms with van der Waals surface area (Å²) in [4.78, 5) is 30.2. The Morgan fingerprint density at radius 3 is 2.79 bits per heavy atom. The quantitative estimate of drug-likeness (QED) is 0.462. The van der Waals surface area contributed by atoms with Gasteiger partial charge in [-0.15, -0.1) is 0 Å². The van der Waals surface area contributed by atoms with Gasteiger partial charge in [0.1, 0.15) is 6.61 Å². The summed E-state index contributed by atoms with van der Waals surface area (Å²) in [5, 5.41) is 3.09. The molecule has 0 bridgehead atoms. The number of pyridine rings is 2. The van der Waals surface area contributed by atoms with Gasteiger partial charge in [0.05, 0.1) is 0 Å². The van der Waals surface area contributed by atoms with Crippen molar-refractivity contribution in [2.24, 2.45) is 0 Å². The van der Waals surface area contributed by atoms with Gasteiger partial charge in [-0.2, -0.15) is 0 Å². The molecule has 3 aromatic rings. The number of piperidine rings is 1. The molecule has 0 aliphatic carbocycles. The number of H-pyrrole nitrogens is 1. The summed E-state index contributed by atoms with van der Waals surface area (Å²) in [7, 11) is 0. The van der Waals surface area contributed by atoms with Gasteiger partial charge >= 0.3 is 0 Å². The van der Waals surface area contributed by atoms with Crippen LogP contribution in [0.1, 0.15) is 36.0 Å². The van der Waals surface area contributed by atoms with E-state index in [4.69, 9.17) is 4.74 Å². The zero-order chi connectivity index (χ0) is 22.7. The van der Waals surface area contributed by atoms with Crippen LogP contribution in [0.4, 0.5) is 5.95 Å². The van der Waals surface area contributed by atoms with Crippen LogP contribution in [0.15, 0.2) is 66.0 Å². The van der Waals surface area contributed by atoms with Gasteiger partial charge in [0.25, 0.3) is 5.56 Å². The van der Waals surface area contributed by atoms with Crippen LogP contribution in [-0.4, -0.2) is 51.1 Å². The Balaban J connectivity index is 1.19. The van der Waals surface area contributed by atoms with Crippen LogP contribution in [0.3, 0.4) is 0 Å². The molecule has 1 aliphatic heterocycles. The number of hydrogen-bond acceptors (Lipinski definition) is 7. The predicted octanol–water partition coefficient (Wildman–Crippen LogP) is 3.18. The Labute approximate surface area is 193 Å². The second-order valence-electron chi connectivity index (χ2n) is 8.13. The lowest BCUT2D eigenvalue weighted by Crippen LogP contribution is -2.29. The highest BCUT2D eigenvalue weighted by Crippen LogP contribution is 2.15. The maximum atomic E-state index is 12.3. The SMILES string of the molecule is O=c1[nH]c(NC/C=C\COc2cc(CN3CCCCC3)ccn2)ncc1Cc1cccnc1. The normalized spacial score (nSPS) is 14.4. The highest BCUT2D eigenvalue weighted by Gasteiger charge is 2.11. The van der Waals surface area contributed by atoms with Gasteiger partial charge in [0.15, 0.2) is 0 Å². The van der Waals surface area contributed by atoms with E-state index in [1.54, 1.807) is 24.8 Å². The molecule has 4 rings (SSSR count). The van der Waals surface area contributed by atoms with Crippen molar-refractivity contribution in [1.29, 1.82) is 0 Å². The van der Waals surface area contributed by atoms with Crippen LogP contribution in [0.2, 0.25) is 0 Å². The van der Waals surface area contributed by atoms with Crippen molar-refractivity contribution in [3.8, 4) is 5.88 Å². The number of hydrogen-bond donors (Lipinski definition) is 2. The number of nitrogens with zero attached hydrogens (tertiary/aromatic N) is 4. The second-order valence-corrected chi connectivity index (χ2v) is 8.13. The lowest BCUT2D eigenvalue weighted by atomic mass is 10.1. The molecule has 4 heterocycles. The molecule has 172 valence electrons. The van der Waals surface area contributed by atoms with Crippen molar-refractivity contribution in [2.45, 2.75) is 32.2 Å². The number of likely N-dealkylation sites (tertiary alicyclic amines) is 1. The first-order valence-corrected chi connectivity index (χ1v) is 11.4. The first-order valence-electron chi connectivity index (χ1n) is 11.4. The van der Waals surface area contributed by atoms with E-state index >= 15 is 0 Å². The summed E-state index contributed by atoms with van der Waals surface area (Å²) >= 11 is 0. The molecule has 0 atom stereocenters. The average molecular weight is 447 g/mol. The minimum Gasteiger partial charge on any atom is -0.473 e. The van der Waals surface area contributed by atoms with E-state index in [2.05, 4.69) is 36.2 Å². The van der Waals surface area contributed by atoms with Gasteiger partial charge in [-0.25, -0.2) is 9.97 Å². The first kappa shape index (κ1) is 22.7. The summed E-state index contributed by atoms with van der Waals surface area (Å²) in [6.45, 7) is 4.24. The third kappa shape index (κ3) is 7.25. The number of rotatable bonds is 10. The Kier molecular flexibility index (Phi) is 8.19. The molecule has 0 unspecified atom stereocenters. The van der Waals surface area contributed by atoms with Crippen molar-refractivity contribution >= 4 is 5.95 Å². The Bertz CT molecular complexity index is 1090. The molecule has 0 radical (unpaired) electrons. The molecule has 3 aromatic heterocycles. The molecular weight excluding hydrogens is 416 g/mol. The number of aromatic amines is 1. The van der Waals surface area contributed by atoms with E-state index in [0.717, 1.165) is 12.1 Å². The highest BCUT2D eigenvalue weighted by molar-refractivity contribution is 5.28. The third-order valence-corrected chi connectivity index (χ3v) is 5.53. The lowest BCUT2D eigenvalue weighted by Gasteiger charge is -2.26. The fourth-order valence-corrected chi connectivity index (χ4v) is 3.80. The fourth-order valence-electron chi connectivity index (χ4n) is 3.80. The fraction of sp³-hybridized carbons (Fsp3) is 0.360. The minimum atomic E-state index is -0.154. The maximum absolute atomic E-state index is 12.3. The molecule has 1 aliphatic rings. The monoisotopic (exact) mass is 446 g/mol. The zero-order valence-electron chi connectivity index (χ0n) is 18.7. The summed E-state index contributed by atoms with van der Waals surface area (Å²) in [5.74, 6) is 1.07. The number of aromatic nitrogens is 4. The van der Waals surface area contributed by atoms with E-state index < -0.39 is 0 Å². The predicted molar refractivity (Wildman–Crippen MR) is 128 cm³/mol. The van der Waals surface area contributed by atoms with Crippen LogP contribution in [-0.2, 0) is 13.0 Å². The van der Waals surface area contributed by atoms with Crippen molar-refractivity contribution in [2.75, 3.05) is 31.6 Å². The molecule has 8 heteroatoms. The lowest BCUT2D eigenvalue weighted by molar-refractivity contribution is 0.220. The van der Waals surface area contributed by atoms with Crippen LogP contribution in [0, 0.1) is 0 Å². The second kappa shape index (κ2) is 11.9. The van der Waals surface area contributed by atoms with Crippen molar-refractivity contribution in [3.05, 3.63) is 88.2 Å². The van der Waals surface area contributed by atoms with Crippen molar-refractivity contribution < 1.29 is 4.74 Å². The molecule has 1 fully saturated rings. The Morgan fingerprint density at radius 2 is 1.97 bits per heavy atom. The smallest absolute Gasteiger partial charge is 0.255 e. The van der Waals surface area contributed by atoms with Crippen molar-refractivity contribution in [3.63, 3.8) is 0 Å². The van der Waals surface area contributed by atoms with Crippen molar-refractivity contribution in [1.82, 2.24) is 24.8 Å². The Hall–Kier alpha value is -3.52. The molecule has 0 saturated carbocycles. The van der Waals surface area contributed by atoms with Crippen LogP contribution in [0.5, 0.6) is 5.88 Å². The van der Waals surface area contributed by atoms with Gasteiger partial charge in [0, 0.05) is 55.9 Å². The first-order chi connectivity index (χ1) is 16.3. The van der Waals surface area contributed by atoms with E-state index in [0.29, 0.717) is 37.0 Å². The highest BCUT2D eigenvalue weighted by atomic mass is 16.5. The van der Waals surface area contributed by atoms with Crippen LogP contribution >= 0.6 is 0 Å².